The fourth-order valence-electron chi connectivity index (χ4n) is 11.6. The van der Waals surface area contributed by atoms with E-state index in [0.29, 0.717) is 25.0 Å². The van der Waals surface area contributed by atoms with E-state index in [1.807, 2.05) is 62.6 Å². The van der Waals surface area contributed by atoms with Gasteiger partial charge in [0.1, 0.15) is 17.8 Å². The Balaban J connectivity index is 1.96. The maximum Gasteiger partial charge on any atom is 0.311 e. The van der Waals surface area contributed by atoms with Crippen LogP contribution in [0.2, 0.25) is 39.3 Å². The minimum atomic E-state index is -2.23. The number of carbonyl (C=O) groups is 1. The van der Waals surface area contributed by atoms with Crippen molar-refractivity contribution in [2.24, 2.45) is 28.8 Å². The van der Waals surface area contributed by atoms with E-state index >= 15 is 0 Å². The Bertz CT molecular complexity index is 1680. The summed E-state index contributed by atoms with van der Waals surface area (Å²) in [6.07, 6.45) is -2.93. The number of aliphatic hydroxyl groups is 3. The van der Waals surface area contributed by atoms with Crippen molar-refractivity contribution >= 4 is 28.3 Å². The number of esters is 1. The Labute approximate surface area is 425 Å². The normalized spacial score (nSPS) is 42.7. The van der Waals surface area contributed by atoms with Crippen LogP contribution in [0.25, 0.3) is 0 Å². The van der Waals surface area contributed by atoms with Crippen molar-refractivity contribution in [2.45, 2.75) is 276 Å². The van der Waals surface area contributed by atoms with Gasteiger partial charge in [-0.1, -0.05) is 39.3 Å². The van der Waals surface area contributed by atoms with Gasteiger partial charge in [0.2, 0.25) is 5.79 Å². The summed E-state index contributed by atoms with van der Waals surface area (Å²) in [5, 5.41) is 43.0. The van der Waals surface area contributed by atoms with E-state index in [1.54, 1.807) is 34.8 Å². The molecule has 0 unspecified atom stereocenters. The molecule has 3 saturated heterocycles. The van der Waals surface area contributed by atoms with Gasteiger partial charge in [-0.15, -0.1) is 0 Å². The molecule has 4 aliphatic rings. The van der Waals surface area contributed by atoms with Gasteiger partial charge in [-0.3, -0.25) is 4.79 Å². The van der Waals surface area contributed by atoms with E-state index in [1.165, 1.54) is 6.92 Å². The lowest BCUT2D eigenvalue weighted by atomic mass is 9.73. The maximum atomic E-state index is 14.8. The van der Waals surface area contributed by atoms with Crippen molar-refractivity contribution in [3.8, 4) is 0 Å². The predicted molar refractivity (Wildman–Crippen MR) is 276 cm³/mol. The SMILES string of the molecule is CC[C@H]1OC(=O)[C@H](C)[C@@H](O[C@H]2C[C@@](C)(OC)[C@@H](O[Si](C)(C)C)[C@H](C)O2)[C@H](C)[C@@H](O[C@@H]2O[C@H](C)C[C@H](N(C)C)[C@H]2O[Si](C)(C)C)[C@](C)(O)C[C@@H](C)/C(=N/OC2(OC(C)C)CCCCC2)[C@H](C)[C@@H](O)[C@]1(C)O. The summed E-state index contributed by atoms with van der Waals surface area (Å²) in [6.45, 7) is 35.1. The van der Waals surface area contributed by atoms with E-state index in [-0.39, 0.29) is 37.5 Å². The molecular weight excluding hydrogens is 933 g/mol. The number of likely N-dealkylation sites (N-methyl/N-ethyl adjacent to an activating group) is 1. The van der Waals surface area contributed by atoms with Crippen LogP contribution in [0.3, 0.4) is 0 Å². The summed E-state index contributed by atoms with van der Waals surface area (Å²) >= 11 is 0. The Morgan fingerprint density at radius 3 is 1.96 bits per heavy atom. The molecule has 70 heavy (non-hydrogen) atoms. The summed E-state index contributed by atoms with van der Waals surface area (Å²) < 4.78 is 60.5. The van der Waals surface area contributed by atoms with E-state index < -0.39 is 124 Å². The number of ether oxygens (including phenoxy) is 7. The second kappa shape index (κ2) is 24.3. The molecule has 0 aromatic heterocycles. The number of hydrogen-bond donors (Lipinski definition) is 3. The van der Waals surface area contributed by atoms with Gasteiger partial charge in [0, 0.05) is 50.2 Å². The molecule has 0 spiro atoms. The second-order valence-electron chi connectivity index (χ2n) is 24.7. The van der Waals surface area contributed by atoms with Crippen molar-refractivity contribution in [1.82, 2.24) is 4.90 Å². The summed E-state index contributed by atoms with van der Waals surface area (Å²) in [5.74, 6) is -4.82. The number of hydrogen-bond acceptors (Lipinski definition) is 16. The summed E-state index contributed by atoms with van der Waals surface area (Å²) in [4.78, 5) is 23.5. The Hall–Kier alpha value is -1.11. The molecule has 3 aliphatic heterocycles. The van der Waals surface area contributed by atoms with Crippen LogP contribution in [0, 0.1) is 23.7 Å². The zero-order valence-corrected chi connectivity index (χ0v) is 49.3. The number of rotatable bonds is 15. The molecule has 0 radical (unpaired) electrons. The number of cyclic esters (lactones) is 1. The highest BCUT2D eigenvalue weighted by molar-refractivity contribution is 6.70. The lowest BCUT2D eigenvalue weighted by molar-refractivity contribution is -0.315. The van der Waals surface area contributed by atoms with Gasteiger partial charge in [0.05, 0.1) is 65.6 Å². The number of carbonyl (C=O) groups excluding carboxylic acids is 1. The van der Waals surface area contributed by atoms with E-state index in [4.69, 9.17) is 52.0 Å². The van der Waals surface area contributed by atoms with Crippen LogP contribution in [-0.4, -0.2) is 166 Å². The molecular formula is C52H100N2O14Si2. The molecule has 1 saturated carbocycles. The zero-order valence-electron chi connectivity index (χ0n) is 47.3. The maximum absolute atomic E-state index is 14.8. The van der Waals surface area contributed by atoms with E-state index in [2.05, 4.69) is 44.2 Å². The van der Waals surface area contributed by atoms with Gasteiger partial charge in [0.25, 0.3) is 0 Å². The third-order valence-corrected chi connectivity index (χ3v) is 17.1. The van der Waals surface area contributed by atoms with Crippen LogP contribution in [0.4, 0.5) is 0 Å². The van der Waals surface area contributed by atoms with E-state index in [0.717, 1.165) is 19.3 Å². The molecule has 16 nitrogen and oxygen atoms in total. The topological polar surface area (TPSA) is 186 Å². The Morgan fingerprint density at radius 2 is 1.43 bits per heavy atom. The first-order chi connectivity index (χ1) is 32.1. The van der Waals surface area contributed by atoms with Crippen molar-refractivity contribution < 1.29 is 67.0 Å². The minimum Gasteiger partial charge on any atom is -0.459 e. The first kappa shape index (κ1) is 61.4. The van der Waals surface area contributed by atoms with Crippen LogP contribution in [-0.2, 0) is 51.6 Å². The van der Waals surface area contributed by atoms with Crippen LogP contribution < -0.4 is 0 Å². The van der Waals surface area contributed by atoms with Crippen LogP contribution in [0.15, 0.2) is 5.16 Å². The third-order valence-electron chi connectivity index (χ3n) is 15.1. The van der Waals surface area contributed by atoms with Crippen LogP contribution in [0.5, 0.6) is 0 Å². The largest absolute Gasteiger partial charge is 0.459 e. The highest BCUT2D eigenvalue weighted by Gasteiger charge is 2.55. The van der Waals surface area contributed by atoms with Gasteiger partial charge < -0.3 is 67.1 Å². The molecule has 410 valence electrons. The molecule has 0 aromatic carbocycles. The highest BCUT2D eigenvalue weighted by atomic mass is 28.4. The average molecular weight is 1030 g/mol. The molecule has 3 heterocycles. The number of nitrogens with zero attached hydrogens (tertiary/aromatic N) is 2. The van der Waals surface area contributed by atoms with Crippen molar-refractivity contribution in [3.05, 3.63) is 0 Å². The number of oxime groups is 1. The first-order valence-electron chi connectivity index (χ1n) is 26.6. The molecule has 1 aliphatic carbocycles. The molecule has 4 fully saturated rings. The average Bonchev–Trinajstić information content (AvgIpc) is 3.23. The Morgan fingerprint density at radius 1 is 0.829 bits per heavy atom. The monoisotopic (exact) mass is 1030 g/mol. The van der Waals surface area contributed by atoms with Crippen LogP contribution in [0.1, 0.15) is 141 Å². The lowest BCUT2D eigenvalue weighted by Crippen LogP contribution is -2.62. The minimum absolute atomic E-state index is 0.0531. The molecule has 4 rings (SSSR count). The standard InChI is InChI=1S/C52H100N2O14Si2/c1-22-39-51(12,58)44(55)34(6)41(53-68-52(65-31(2)3)26-24-23-25-27-52)32(4)29-49(10,57)45(64-48-43(66-69(16,17)18)38(54(13)14)28-33(5)60-48)35(7)42(36(8)47(56)62-39)63-40-30-50(11,59-15)46(37(9)61-40)67-70(19,20)21/h31-40,42-46,48,55,57-58H,22-30H2,1-21H3/b53-41-/t32-,33-,34+,35+,36-,37+,38+,39-,40+,42+,43-,44-,45-,46+,48+,49-,50-,51-/m1/s1. The highest BCUT2D eigenvalue weighted by Crippen LogP contribution is 2.43. The predicted octanol–water partition coefficient (Wildman–Crippen LogP) is 8.39. The van der Waals surface area contributed by atoms with Crippen molar-refractivity contribution in [2.75, 3.05) is 21.2 Å². The number of methoxy groups -OCH3 is 1. The molecule has 18 atom stereocenters. The Kier molecular flexibility index (Phi) is 21.3. The van der Waals surface area contributed by atoms with Crippen LogP contribution >= 0.6 is 0 Å². The van der Waals surface area contributed by atoms with Gasteiger partial charge in [-0.05, 0) is 141 Å². The fraction of sp³-hybridized carbons (Fsp3) is 0.962. The molecule has 0 aromatic rings. The van der Waals surface area contributed by atoms with Gasteiger partial charge >= 0.3 is 5.97 Å². The second-order valence-corrected chi connectivity index (χ2v) is 33.6. The van der Waals surface area contributed by atoms with Gasteiger partial charge in [-0.2, -0.15) is 0 Å². The molecule has 0 amide bonds. The zero-order chi connectivity index (χ0) is 53.1. The van der Waals surface area contributed by atoms with Crippen molar-refractivity contribution in [1.29, 1.82) is 0 Å². The lowest BCUT2D eigenvalue weighted by Gasteiger charge is -2.51. The summed E-state index contributed by atoms with van der Waals surface area (Å²) in [5.41, 5.74) is -4.07. The fourth-order valence-corrected chi connectivity index (χ4v) is 13.9. The van der Waals surface area contributed by atoms with Crippen molar-refractivity contribution in [3.63, 3.8) is 0 Å². The summed E-state index contributed by atoms with van der Waals surface area (Å²) in [7, 11) is 1.42. The van der Waals surface area contributed by atoms with E-state index in [9.17, 15) is 20.1 Å². The number of aliphatic hydroxyl groups excluding tert-OH is 1. The molecule has 0 bridgehead atoms. The first-order valence-corrected chi connectivity index (χ1v) is 33.4. The molecule has 18 heteroatoms. The smallest absolute Gasteiger partial charge is 0.311 e. The summed E-state index contributed by atoms with van der Waals surface area (Å²) in [6, 6.07) is -0.0774. The van der Waals surface area contributed by atoms with Gasteiger partial charge in [-0.25, -0.2) is 0 Å². The third kappa shape index (κ3) is 15.5. The van der Waals surface area contributed by atoms with Gasteiger partial charge in [0.15, 0.2) is 29.2 Å². The molecule has 3 N–H and O–H groups in total. The quantitative estimate of drug-likeness (QED) is 0.0614.